The summed E-state index contributed by atoms with van der Waals surface area (Å²) in [6, 6.07) is 5.15. The summed E-state index contributed by atoms with van der Waals surface area (Å²) in [7, 11) is 1.76. The molecule has 7 nitrogen and oxygen atoms in total. The number of nitrogens with zero attached hydrogens (tertiary/aromatic N) is 4. The van der Waals surface area contributed by atoms with E-state index < -0.39 is 4.92 Å². The van der Waals surface area contributed by atoms with Crippen LogP contribution in [0.3, 0.4) is 0 Å². The zero-order valence-electron chi connectivity index (χ0n) is 11.3. The van der Waals surface area contributed by atoms with Gasteiger partial charge in [-0.1, -0.05) is 6.07 Å². The molecule has 0 aliphatic rings. The highest BCUT2D eigenvalue weighted by Crippen LogP contribution is 2.28. The summed E-state index contributed by atoms with van der Waals surface area (Å²) >= 11 is 0. The molecular formula is C13H15N5O2. The molecule has 2 aromatic heterocycles. The Balaban J connectivity index is 2.29. The van der Waals surface area contributed by atoms with Gasteiger partial charge in [-0.3, -0.25) is 10.1 Å². The lowest BCUT2D eigenvalue weighted by Gasteiger charge is -2.18. The molecule has 2 aromatic rings. The van der Waals surface area contributed by atoms with Crippen molar-refractivity contribution < 1.29 is 4.92 Å². The van der Waals surface area contributed by atoms with Gasteiger partial charge in [-0.2, -0.15) is 0 Å². The van der Waals surface area contributed by atoms with Crippen molar-refractivity contribution in [3.8, 4) is 0 Å². The van der Waals surface area contributed by atoms with E-state index in [-0.39, 0.29) is 5.69 Å². The van der Waals surface area contributed by atoms with E-state index in [0.29, 0.717) is 23.7 Å². The highest BCUT2D eigenvalue weighted by atomic mass is 16.6. The van der Waals surface area contributed by atoms with Crippen LogP contribution in [0.15, 0.2) is 30.6 Å². The third kappa shape index (κ3) is 2.82. The summed E-state index contributed by atoms with van der Waals surface area (Å²) in [5, 5.41) is 11.2. The van der Waals surface area contributed by atoms with E-state index in [4.69, 9.17) is 5.73 Å². The van der Waals surface area contributed by atoms with Crippen LogP contribution in [-0.2, 0) is 6.54 Å². The number of nitrogens with two attached hydrogens (primary N) is 1. The first-order chi connectivity index (χ1) is 9.49. The van der Waals surface area contributed by atoms with Gasteiger partial charge in [0, 0.05) is 31.5 Å². The number of nitrogen functional groups attached to an aromatic ring is 1. The van der Waals surface area contributed by atoms with Crippen molar-refractivity contribution in [1.29, 1.82) is 0 Å². The lowest BCUT2D eigenvalue weighted by atomic mass is 10.2. The fraction of sp³-hybridized carbons (Fsp3) is 0.231. The van der Waals surface area contributed by atoms with E-state index >= 15 is 0 Å². The van der Waals surface area contributed by atoms with Crippen LogP contribution in [0.5, 0.6) is 0 Å². The molecule has 104 valence electrons. The molecule has 0 amide bonds. The van der Waals surface area contributed by atoms with E-state index in [1.807, 2.05) is 6.07 Å². The van der Waals surface area contributed by atoms with Gasteiger partial charge in [0.25, 0.3) is 0 Å². The van der Waals surface area contributed by atoms with Crippen LogP contribution in [0.25, 0.3) is 0 Å². The Morgan fingerprint density at radius 3 is 2.70 bits per heavy atom. The van der Waals surface area contributed by atoms with Gasteiger partial charge >= 0.3 is 5.69 Å². The fourth-order valence-electron chi connectivity index (χ4n) is 1.92. The molecular weight excluding hydrogens is 258 g/mol. The van der Waals surface area contributed by atoms with Crippen molar-refractivity contribution in [2.24, 2.45) is 0 Å². The van der Waals surface area contributed by atoms with Gasteiger partial charge in [-0.15, -0.1) is 0 Å². The van der Waals surface area contributed by atoms with E-state index in [1.54, 1.807) is 43.4 Å². The molecule has 0 saturated heterocycles. The third-order valence-electron chi connectivity index (χ3n) is 2.92. The number of hydrogen-bond donors (Lipinski definition) is 1. The lowest BCUT2D eigenvalue weighted by Crippen LogP contribution is -2.19. The molecule has 0 saturated carbocycles. The van der Waals surface area contributed by atoms with Crippen molar-refractivity contribution in [3.05, 3.63) is 51.8 Å². The molecule has 0 aromatic carbocycles. The monoisotopic (exact) mass is 273 g/mol. The topological polar surface area (TPSA) is 98.2 Å². The maximum Gasteiger partial charge on any atom is 0.314 e. The smallest absolute Gasteiger partial charge is 0.314 e. The average molecular weight is 273 g/mol. The molecule has 0 fully saturated rings. The summed E-state index contributed by atoms with van der Waals surface area (Å²) in [6.07, 6.45) is 3.21. The second kappa shape index (κ2) is 5.52. The quantitative estimate of drug-likeness (QED) is 0.675. The minimum absolute atomic E-state index is 0.0263. The minimum Gasteiger partial charge on any atom is -0.384 e. The van der Waals surface area contributed by atoms with Crippen LogP contribution in [0.1, 0.15) is 11.1 Å². The minimum atomic E-state index is -0.407. The van der Waals surface area contributed by atoms with E-state index in [0.717, 1.165) is 5.56 Å². The van der Waals surface area contributed by atoms with Gasteiger partial charge in [0.05, 0.1) is 4.92 Å². The van der Waals surface area contributed by atoms with Crippen molar-refractivity contribution in [3.63, 3.8) is 0 Å². The normalized spacial score (nSPS) is 10.3. The molecule has 0 aliphatic carbocycles. The maximum absolute atomic E-state index is 11.2. The largest absolute Gasteiger partial charge is 0.384 e. The number of nitro groups is 1. The number of rotatable bonds is 4. The number of aryl methyl sites for hydroxylation is 1. The molecule has 0 unspecified atom stereocenters. The highest BCUT2D eigenvalue weighted by molar-refractivity contribution is 5.61. The summed E-state index contributed by atoms with van der Waals surface area (Å²) in [5.41, 5.74) is 7.04. The Hall–Kier alpha value is -2.70. The summed E-state index contributed by atoms with van der Waals surface area (Å²) < 4.78 is 0. The Morgan fingerprint density at radius 2 is 2.10 bits per heavy atom. The van der Waals surface area contributed by atoms with Crippen molar-refractivity contribution in [2.45, 2.75) is 13.5 Å². The van der Waals surface area contributed by atoms with Gasteiger partial charge in [0.15, 0.2) is 0 Å². The van der Waals surface area contributed by atoms with Crippen LogP contribution in [0.2, 0.25) is 0 Å². The molecule has 0 bridgehead atoms. The van der Waals surface area contributed by atoms with E-state index in [1.165, 1.54) is 0 Å². The fourth-order valence-corrected chi connectivity index (χ4v) is 1.92. The van der Waals surface area contributed by atoms with Crippen LogP contribution >= 0.6 is 0 Å². The Labute approximate surface area is 116 Å². The highest BCUT2D eigenvalue weighted by Gasteiger charge is 2.21. The summed E-state index contributed by atoms with van der Waals surface area (Å²) in [5.74, 6) is 0.780. The van der Waals surface area contributed by atoms with Crippen LogP contribution < -0.4 is 10.6 Å². The van der Waals surface area contributed by atoms with Crippen LogP contribution in [0.4, 0.5) is 17.3 Å². The number of pyridine rings is 2. The Bertz CT molecular complexity index is 627. The van der Waals surface area contributed by atoms with Gasteiger partial charge < -0.3 is 10.6 Å². The number of hydrogen-bond acceptors (Lipinski definition) is 6. The van der Waals surface area contributed by atoms with Gasteiger partial charge in [0.1, 0.15) is 5.82 Å². The van der Waals surface area contributed by atoms with Crippen molar-refractivity contribution in [1.82, 2.24) is 9.97 Å². The summed E-state index contributed by atoms with van der Waals surface area (Å²) in [4.78, 5) is 20.6. The van der Waals surface area contributed by atoms with Gasteiger partial charge in [0.2, 0.25) is 5.82 Å². The standard InChI is InChI=1S/C13H15N5O2/c1-9-5-6-15-13(12(9)18(19)20)17(2)8-10-3-4-11(14)16-7-10/h3-7H,8H2,1-2H3,(H2,14,16). The van der Waals surface area contributed by atoms with Crippen LogP contribution in [0, 0.1) is 17.0 Å². The zero-order valence-corrected chi connectivity index (χ0v) is 11.3. The molecule has 2 heterocycles. The molecule has 0 aliphatic heterocycles. The average Bonchev–Trinajstić information content (AvgIpc) is 2.40. The summed E-state index contributed by atoms with van der Waals surface area (Å²) in [6.45, 7) is 2.16. The first-order valence-corrected chi connectivity index (χ1v) is 6.00. The second-order valence-electron chi connectivity index (χ2n) is 4.50. The first-order valence-electron chi connectivity index (χ1n) is 6.00. The van der Waals surface area contributed by atoms with Gasteiger partial charge in [-0.05, 0) is 24.6 Å². The van der Waals surface area contributed by atoms with Crippen molar-refractivity contribution >= 4 is 17.3 Å². The van der Waals surface area contributed by atoms with Crippen molar-refractivity contribution in [2.75, 3.05) is 17.7 Å². The van der Waals surface area contributed by atoms with Crippen LogP contribution in [-0.4, -0.2) is 21.9 Å². The van der Waals surface area contributed by atoms with E-state index in [9.17, 15) is 10.1 Å². The SMILES string of the molecule is Cc1ccnc(N(C)Cc2ccc(N)nc2)c1[N+](=O)[O-]. The molecule has 2 N–H and O–H groups in total. The molecule has 0 radical (unpaired) electrons. The third-order valence-corrected chi connectivity index (χ3v) is 2.92. The molecule has 7 heteroatoms. The maximum atomic E-state index is 11.2. The second-order valence-corrected chi connectivity index (χ2v) is 4.50. The van der Waals surface area contributed by atoms with E-state index in [2.05, 4.69) is 9.97 Å². The predicted octanol–water partition coefficient (Wildman–Crippen LogP) is 1.91. The Kier molecular flexibility index (Phi) is 3.79. The molecule has 20 heavy (non-hydrogen) atoms. The Morgan fingerprint density at radius 1 is 1.35 bits per heavy atom. The molecule has 0 spiro atoms. The van der Waals surface area contributed by atoms with Gasteiger partial charge in [-0.25, -0.2) is 9.97 Å². The molecule has 0 atom stereocenters. The molecule has 2 rings (SSSR count). The zero-order chi connectivity index (χ0) is 14.7. The number of anilines is 2. The lowest BCUT2D eigenvalue weighted by molar-refractivity contribution is -0.384. The number of aromatic nitrogens is 2. The first kappa shape index (κ1) is 13.7. The predicted molar refractivity (Wildman–Crippen MR) is 76.4 cm³/mol.